The number of ketones is 1. The monoisotopic (exact) mass is 320 g/mol. The van der Waals surface area contributed by atoms with Gasteiger partial charge in [-0.05, 0) is 24.3 Å². The van der Waals surface area contributed by atoms with Crippen molar-refractivity contribution < 1.29 is 14.3 Å². The number of carbonyl (C=O) groups excluding carboxylic acids is 2. The Morgan fingerprint density at radius 2 is 1.67 bits per heavy atom. The first-order valence-electron chi connectivity index (χ1n) is 7.56. The molecule has 24 heavy (non-hydrogen) atoms. The first-order chi connectivity index (χ1) is 11.7. The number of carbonyl (C=O) groups is 2. The number of nitrogens with zero attached hydrogens (tertiary/aromatic N) is 2. The fraction of sp³-hybridized carbons (Fsp3) is 0.158. The van der Waals surface area contributed by atoms with Gasteiger partial charge in [-0.15, -0.1) is 0 Å². The summed E-state index contributed by atoms with van der Waals surface area (Å²) in [5.74, 6) is -0.521. The molecule has 0 bridgehead atoms. The van der Waals surface area contributed by atoms with E-state index in [1.165, 1.54) is 7.11 Å². The summed E-state index contributed by atoms with van der Waals surface area (Å²) in [7, 11) is 1.32. The molecule has 0 amide bonds. The van der Waals surface area contributed by atoms with Crippen LogP contribution in [0.3, 0.4) is 0 Å². The second-order valence-corrected chi connectivity index (χ2v) is 5.36. The van der Waals surface area contributed by atoms with E-state index in [9.17, 15) is 9.59 Å². The molecule has 0 fully saturated rings. The number of pyridine rings is 2. The zero-order chi connectivity index (χ0) is 16.9. The van der Waals surface area contributed by atoms with Crippen molar-refractivity contribution in [2.45, 2.75) is 12.8 Å². The topological polar surface area (TPSA) is 69.2 Å². The molecule has 2 heterocycles. The van der Waals surface area contributed by atoms with Crippen LogP contribution in [0.25, 0.3) is 10.9 Å². The summed E-state index contributed by atoms with van der Waals surface area (Å²) in [6.45, 7) is 0. The minimum absolute atomic E-state index is 0.0475. The van der Waals surface area contributed by atoms with E-state index in [1.807, 2.05) is 36.4 Å². The quantitative estimate of drug-likeness (QED) is 0.534. The van der Waals surface area contributed by atoms with Crippen molar-refractivity contribution in [1.82, 2.24) is 9.97 Å². The number of para-hydroxylation sites is 1. The summed E-state index contributed by atoms with van der Waals surface area (Å²) in [6.07, 6.45) is 0.214. The highest BCUT2D eigenvalue weighted by molar-refractivity contribution is 5.96. The van der Waals surface area contributed by atoms with E-state index < -0.39 is 0 Å². The highest BCUT2D eigenvalue weighted by Crippen LogP contribution is 2.13. The van der Waals surface area contributed by atoms with Crippen LogP contribution in [0.5, 0.6) is 0 Å². The van der Waals surface area contributed by atoms with E-state index in [4.69, 9.17) is 0 Å². The highest BCUT2D eigenvalue weighted by atomic mass is 16.5. The van der Waals surface area contributed by atoms with Crippen LogP contribution >= 0.6 is 0 Å². The van der Waals surface area contributed by atoms with Crippen molar-refractivity contribution in [3.63, 3.8) is 0 Å². The molecule has 3 aromatic rings. The molecule has 0 aliphatic rings. The standard InChI is InChI=1S/C19H16N2O3/c1-24-19(23)12-14-6-4-8-17(21-14)18(22)11-15-10-9-13-5-2-3-7-16(13)20-15/h2-10H,11-12H2,1H3. The number of hydrogen-bond acceptors (Lipinski definition) is 5. The second kappa shape index (κ2) is 7.00. The smallest absolute Gasteiger partial charge is 0.311 e. The Kier molecular flexibility index (Phi) is 4.61. The molecule has 0 spiro atoms. The molecule has 0 saturated heterocycles. The van der Waals surface area contributed by atoms with E-state index in [-0.39, 0.29) is 24.6 Å². The Morgan fingerprint density at radius 3 is 2.50 bits per heavy atom. The van der Waals surface area contributed by atoms with Gasteiger partial charge in [-0.25, -0.2) is 4.98 Å². The van der Waals surface area contributed by atoms with E-state index >= 15 is 0 Å². The van der Waals surface area contributed by atoms with Gasteiger partial charge in [-0.1, -0.05) is 30.3 Å². The highest BCUT2D eigenvalue weighted by Gasteiger charge is 2.12. The van der Waals surface area contributed by atoms with Gasteiger partial charge in [0.1, 0.15) is 5.69 Å². The molecule has 2 aromatic heterocycles. The summed E-state index contributed by atoms with van der Waals surface area (Å²) in [6, 6.07) is 16.6. The van der Waals surface area contributed by atoms with Gasteiger partial charge in [-0.3, -0.25) is 14.6 Å². The maximum absolute atomic E-state index is 12.4. The predicted octanol–water partition coefficient (Wildman–Crippen LogP) is 2.77. The zero-order valence-electron chi connectivity index (χ0n) is 13.2. The number of benzene rings is 1. The van der Waals surface area contributed by atoms with Crippen LogP contribution in [0.1, 0.15) is 21.9 Å². The fourth-order valence-corrected chi connectivity index (χ4v) is 2.42. The van der Waals surface area contributed by atoms with Crippen LogP contribution in [0.4, 0.5) is 0 Å². The van der Waals surface area contributed by atoms with Crippen LogP contribution in [0.2, 0.25) is 0 Å². The van der Waals surface area contributed by atoms with Crippen molar-refractivity contribution in [2.24, 2.45) is 0 Å². The van der Waals surface area contributed by atoms with Gasteiger partial charge < -0.3 is 4.74 Å². The van der Waals surface area contributed by atoms with Crippen molar-refractivity contribution in [2.75, 3.05) is 7.11 Å². The number of aromatic nitrogens is 2. The third kappa shape index (κ3) is 3.63. The van der Waals surface area contributed by atoms with Crippen molar-refractivity contribution >= 4 is 22.7 Å². The largest absolute Gasteiger partial charge is 0.469 e. The molecular formula is C19H16N2O3. The lowest BCUT2D eigenvalue weighted by molar-refractivity contribution is -0.139. The zero-order valence-corrected chi connectivity index (χ0v) is 13.2. The Hall–Kier alpha value is -3.08. The Labute approximate surface area is 139 Å². The molecule has 3 rings (SSSR count). The summed E-state index contributed by atoms with van der Waals surface area (Å²) in [4.78, 5) is 32.5. The van der Waals surface area contributed by atoms with Crippen LogP contribution in [0, 0.1) is 0 Å². The molecule has 0 atom stereocenters. The lowest BCUT2D eigenvalue weighted by atomic mass is 10.1. The van der Waals surface area contributed by atoms with Crippen LogP contribution in [0.15, 0.2) is 54.6 Å². The Balaban J connectivity index is 1.78. The lowest BCUT2D eigenvalue weighted by Crippen LogP contribution is -2.11. The second-order valence-electron chi connectivity index (χ2n) is 5.36. The van der Waals surface area contributed by atoms with Crippen molar-refractivity contribution in [3.05, 3.63) is 71.7 Å². The number of esters is 1. The van der Waals surface area contributed by atoms with Crippen molar-refractivity contribution in [3.8, 4) is 0 Å². The number of methoxy groups -OCH3 is 1. The molecule has 0 N–H and O–H groups in total. The van der Waals surface area contributed by atoms with Gasteiger partial charge in [0.2, 0.25) is 0 Å². The molecular weight excluding hydrogens is 304 g/mol. The van der Waals surface area contributed by atoms with Crippen LogP contribution in [-0.2, 0) is 22.4 Å². The molecule has 0 radical (unpaired) electrons. The van der Waals surface area contributed by atoms with E-state index in [1.54, 1.807) is 18.2 Å². The van der Waals surface area contributed by atoms with Gasteiger partial charge in [-0.2, -0.15) is 0 Å². The Bertz CT molecular complexity index is 906. The number of Topliss-reactive ketones (excluding diaryl/α,β-unsaturated/α-hetero) is 1. The molecule has 1 aromatic carbocycles. The molecule has 5 heteroatoms. The number of hydrogen-bond donors (Lipinski definition) is 0. The summed E-state index contributed by atoms with van der Waals surface area (Å²) in [5.41, 5.74) is 2.39. The average molecular weight is 320 g/mol. The van der Waals surface area contributed by atoms with Gasteiger partial charge in [0.15, 0.2) is 5.78 Å². The molecule has 5 nitrogen and oxygen atoms in total. The van der Waals surface area contributed by atoms with Gasteiger partial charge in [0.05, 0.1) is 31.2 Å². The molecule has 0 saturated carbocycles. The third-order valence-corrected chi connectivity index (χ3v) is 3.64. The molecule has 0 aliphatic carbocycles. The summed E-state index contributed by atoms with van der Waals surface area (Å²) >= 11 is 0. The van der Waals surface area contributed by atoms with Gasteiger partial charge in [0.25, 0.3) is 0 Å². The van der Waals surface area contributed by atoms with E-state index in [0.717, 1.165) is 10.9 Å². The number of ether oxygens (including phenoxy) is 1. The van der Waals surface area contributed by atoms with Crippen molar-refractivity contribution in [1.29, 1.82) is 0 Å². The van der Waals surface area contributed by atoms with Gasteiger partial charge >= 0.3 is 5.97 Å². The molecule has 120 valence electrons. The first-order valence-corrected chi connectivity index (χ1v) is 7.56. The number of rotatable bonds is 5. The normalized spacial score (nSPS) is 10.5. The maximum Gasteiger partial charge on any atom is 0.311 e. The van der Waals surface area contributed by atoms with Crippen LogP contribution < -0.4 is 0 Å². The maximum atomic E-state index is 12.4. The summed E-state index contributed by atoms with van der Waals surface area (Å²) < 4.78 is 4.62. The molecule has 0 aliphatic heterocycles. The van der Waals surface area contributed by atoms with Gasteiger partial charge in [0, 0.05) is 11.1 Å². The fourth-order valence-electron chi connectivity index (χ4n) is 2.42. The minimum atomic E-state index is -0.386. The Morgan fingerprint density at radius 1 is 0.875 bits per heavy atom. The first kappa shape index (κ1) is 15.8. The molecule has 0 unspecified atom stereocenters. The van der Waals surface area contributed by atoms with Crippen LogP contribution in [-0.4, -0.2) is 28.8 Å². The van der Waals surface area contributed by atoms with E-state index in [0.29, 0.717) is 17.1 Å². The SMILES string of the molecule is COC(=O)Cc1cccc(C(=O)Cc2ccc3ccccc3n2)n1. The third-order valence-electron chi connectivity index (χ3n) is 3.64. The van der Waals surface area contributed by atoms with E-state index in [2.05, 4.69) is 14.7 Å². The average Bonchev–Trinajstić information content (AvgIpc) is 2.61. The minimum Gasteiger partial charge on any atom is -0.469 e. The predicted molar refractivity (Wildman–Crippen MR) is 89.7 cm³/mol. The number of fused-ring (bicyclic) bond motifs is 1. The summed E-state index contributed by atoms with van der Waals surface area (Å²) in [5, 5.41) is 1.03. The lowest BCUT2D eigenvalue weighted by Gasteiger charge is -2.05.